The zero-order chi connectivity index (χ0) is 24.3. The second kappa shape index (κ2) is 10.1. The van der Waals surface area contributed by atoms with Crippen molar-refractivity contribution in [2.45, 2.75) is 32.4 Å². The molecule has 1 aromatic carbocycles. The highest BCUT2D eigenvalue weighted by Gasteiger charge is 2.34. The molecule has 3 aromatic heterocycles. The number of piperidine rings is 1. The number of aromatic nitrogens is 3. The number of aryl methyl sites for hydroxylation is 1. The number of para-hydroxylation sites is 1. The molecule has 6 rings (SSSR count). The predicted molar refractivity (Wildman–Crippen MR) is 140 cm³/mol. The van der Waals surface area contributed by atoms with Crippen molar-refractivity contribution in [2.24, 2.45) is 5.92 Å². The van der Waals surface area contributed by atoms with E-state index in [9.17, 15) is 0 Å². The number of nitrogens with zero attached hydrogens (tertiary/aromatic N) is 5. The van der Waals surface area contributed by atoms with Crippen molar-refractivity contribution < 1.29 is 9.26 Å². The van der Waals surface area contributed by atoms with Crippen molar-refractivity contribution in [1.29, 1.82) is 0 Å². The molecule has 1 N–H and O–H groups in total. The van der Waals surface area contributed by atoms with Gasteiger partial charge in [-0.2, -0.15) is 0 Å². The lowest BCUT2D eigenvalue weighted by atomic mass is 9.91. The first-order valence-electron chi connectivity index (χ1n) is 12.8. The normalized spacial score (nSPS) is 20.3. The Morgan fingerprint density at radius 3 is 2.81 bits per heavy atom. The zero-order valence-electron chi connectivity index (χ0n) is 20.6. The van der Waals surface area contributed by atoms with Crippen LogP contribution in [0.25, 0.3) is 11.0 Å². The predicted octanol–water partition coefficient (Wildman–Crippen LogP) is 4.52. The van der Waals surface area contributed by atoms with Gasteiger partial charge in [0.2, 0.25) is 5.88 Å². The first-order valence-corrected chi connectivity index (χ1v) is 12.8. The first kappa shape index (κ1) is 22.8. The fourth-order valence-corrected chi connectivity index (χ4v) is 5.26. The topological polar surface area (TPSA) is 79.5 Å². The van der Waals surface area contributed by atoms with Gasteiger partial charge < -0.3 is 19.5 Å². The summed E-state index contributed by atoms with van der Waals surface area (Å²) in [6.45, 7) is 7.51. The van der Waals surface area contributed by atoms with E-state index in [0.717, 1.165) is 59.9 Å². The van der Waals surface area contributed by atoms with Crippen molar-refractivity contribution >= 4 is 22.6 Å². The van der Waals surface area contributed by atoms with Gasteiger partial charge in [0.15, 0.2) is 11.4 Å². The Hall–Kier alpha value is -3.65. The lowest BCUT2D eigenvalue weighted by Gasteiger charge is -2.46. The van der Waals surface area contributed by atoms with Crippen LogP contribution >= 0.6 is 0 Å². The lowest BCUT2D eigenvalue weighted by molar-refractivity contribution is 0.0717. The standard InChI is InChI=1S/C28H32N6O2/c1-20-6-10-26(29-14-20)30-15-21-8-11-27(31-16-21)35-19-22-7-9-23-18-34(13-12-33(23)17-22)28-24-4-2-3-5-25(24)36-32-28/h2-6,8,10-11,14,16,22-23H,7,9,12-13,15,17-19H2,1H3,(H,29,30)/t22-,23+/m1/s1. The molecule has 8 heteroatoms. The van der Waals surface area contributed by atoms with Crippen LogP contribution in [0.3, 0.4) is 0 Å². The lowest BCUT2D eigenvalue weighted by Crippen LogP contribution is -2.57. The molecular formula is C28H32N6O2. The molecule has 0 spiro atoms. The molecule has 0 radical (unpaired) electrons. The van der Waals surface area contributed by atoms with Gasteiger partial charge in [0, 0.05) is 63.1 Å². The molecule has 0 bridgehead atoms. The second-order valence-electron chi connectivity index (χ2n) is 9.93. The summed E-state index contributed by atoms with van der Waals surface area (Å²) in [7, 11) is 0. The van der Waals surface area contributed by atoms with Crippen LogP contribution in [0.15, 0.2) is 65.4 Å². The van der Waals surface area contributed by atoms with Gasteiger partial charge in [0.25, 0.3) is 0 Å². The summed E-state index contributed by atoms with van der Waals surface area (Å²) in [6.07, 6.45) is 6.08. The summed E-state index contributed by atoms with van der Waals surface area (Å²) in [5.41, 5.74) is 3.11. The Bertz CT molecular complexity index is 1290. The quantitative estimate of drug-likeness (QED) is 0.410. The van der Waals surface area contributed by atoms with E-state index in [1.165, 1.54) is 12.8 Å². The summed E-state index contributed by atoms with van der Waals surface area (Å²) in [4.78, 5) is 13.9. The summed E-state index contributed by atoms with van der Waals surface area (Å²) in [5.74, 6) is 3.07. The van der Waals surface area contributed by atoms with E-state index in [2.05, 4.69) is 48.4 Å². The molecule has 2 fully saturated rings. The van der Waals surface area contributed by atoms with E-state index < -0.39 is 0 Å². The summed E-state index contributed by atoms with van der Waals surface area (Å²) >= 11 is 0. The van der Waals surface area contributed by atoms with Gasteiger partial charge in [0.1, 0.15) is 5.82 Å². The van der Waals surface area contributed by atoms with Crippen LogP contribution in [0, 0.1) is 12.8 Å². The number of fused-ring (bicyclic) bond motifs is 2. The monoisotopic (exact) mass is 484 g/mol. The zero-order valence-corrected chi connectivity index (χ0v) is 20.6. The second-order valence-corrected chi connectivity index (χ2v) is 9.93. The molecule has 186 valence electrons. The van der Waals surface area contributed by atoms with E-state index in [4.69, 9.17) is 9.26 Å². The van der Waals surface area contributed by atoms with Gasteiger partial charge in [-0.3, -0.25) is 4.90 Å². The molecule has 2 saturated heterocycles. The number of rotatable bonds is 7. The number of ether oxygens (including phenoxy) is 1. The maximum atomic E-state index is 6.08. The van der Waals surface area contributed by atoms with Crippen molar-refractivity contribution in [3.63, 3.8) is 0 Å². The largest absolute Gasteiger partial charge is 0.477 e. The van der Waals surface area contributed by atoms with Crippen molar-refractivity contribution in [2.75, 3.05) is 43.0 Å². The third-order valence-electron chi connectivity index (χ3n) is 7.31. The first-order chi connectivity index (χ1) is 17.7. The molecular weight excluding hydrogens is 452 g/mol. The highest BCUT2D eigenvalue weighted by molar-refractivity contribution is 5.88. The molecule has 2 atom stereocenters. The molecule has 4 aromatic rings. The van der Waals surface area contributed by atoms with E-state index in [1.54, 1.807) is 0 Å². The van der Waals surface area contributed by atoms with Gasteiger partial charge in [-0.1, -0.05) is 29.4 Å². The Kier molecular flexibility index (Phi) is 6.42. The number of hydrogen-bond acceptors (Lipinski definition) is 8. The van der Waals surface area contributed by atoms with E-state index in [0.29, 0.717) is 31.0 Å². The number of piperazine rings is 1. The van der Waals surface area contributed by atoms with Crippen LogP contribution in [0.5, 0.6) is 5.88 Å². The molecule has 0 saturated carbocycles. The molecule has 2 aliphatic heterocycles. The fraction of sp³-hybridized carbons (Fsp3) is 0.393. The molecule has 5 heterocycles. The highest BCUT2D eigenvalue weighted by Crippen LogP contribution is 2.31. The fourth-order valence-electron chi connectivity index (χ4n) is 5.26. The van der Waals surface area contributed by atoms with Crippen LogP contribution in [-0.2, 0) is 6.54 Å². The molecule has 2 aliphatic rings. The van der Waals surface area contributed by atoms with Crippen molar-refractivity contribution in [3.05, 3.63) is 72.1 Å². The number of anilines is 2. The number of benzene rings is 1. The van der Waals surface area contributed by atoms with Crippen LogP contribution in [0.4, 0.5) is 11.6 Å². The van der Waals surface area contributed by atoms with Gasteiger partial charge in [-0.05, 0) is 49.1 Å². The summed E-state index contributed by atoms with van der Waals surface area (Å²) < 4.78 is 11.6. The molecule has 0 unspecified atom stereocenters. The summed E-state index contributed by atoms with van der Waals surface area (Å²) in [6, 6.07) is 16.7. The van der Waals surface area contributed by atoms with Crippen LogP contribution in [0.2, 0.25) is 0 Å². The third-order valence-corrected chi connectivity index (χ3v) is 7.31. The number of nitrogens with one attached hydrogen (secondary N) is 1. The Labute approximate surface area is 211 Å². The van der Waals surface area contributed by atoms with Gasteiger partial charge in [0.05, 0.1) is 12.0 Å². The maximum absolute atomic E-state index is 6.08. The Morgan fingerprint density at radius 2 is 1.94 bits per heavy atom. The molecule has 0 aliphatic carbocycles. The van der Waals surface area contributed by atoms with E-state index >= 15 is 0 Å². The van der Waals surface area contributed by atoms with Crippen LogP contribution in [-0.4, -0.2) is 58.9 Å². The van der Waals surface area contributed by atoms with Crippen LogP contribution in [0.1, 0.15) is 24.0 Å². The van der Waals surface area contributed by atoms with Gasteiger partial charge >= 0.3 is 0 Å². The van der Waals surface area contributed by atoms with Crippen molar-refractivity contribution in [3.8, 4) is 5.88 Å². The minimum atomic E-state index is 0.524. The molecule has 0 amide bonds. The van der Waals surface area contributed by atoms with Gasteiger partial charge in [-0.15, -0.1) is 0 Å². The molecule has 36 heavy (non-hydrogen) atoms. The maximum Gasteiger partial charge on any atom is 0.213 e. The average molecular weight is 485 g/mol. The smallest absolute Gasteiger partial charge is 0.213 e. The molecule has 8 nitrogen and oxygen atoms in total. The third kappa shape index (κ3) is 4.99. The van der Waals surface area contributed by atoms with E-state index in [-0.39, 0.29) is 0 Å². The minimum Gasteiger partial charge on any atom is -0.477 e. The average Bonchev–Trinajstić information content (AvgIpc) is 3.36. The van der Waals surface area contributed by atoms with Crippen molar-refractivity contribution in [1.82, 2.24) is 20.0 Å². The summed E-state index contributed by atoms with van der Waals surface area (Å²) in [5, 5.41) is 8.80. The highest BCUT2D eigenvalue weighted by atomic mass is 16.5. The number of pyridine rings is 2. The van der Waals surface area contributed by atoms with Gasteiger partial charge in [-0.25, -0.2) is 9.97 Å². The minimum absolute atomic E-state index is 0.524. The SMILES string of the molecule is Cc1ccc(NCc2ccc(OC[C@@H]3CC[C@H]4CN(c5noc6ccccc56)CCN4C3)nc2)nc1. The Balaban J connectivity index is 0.974. The number of hydrogen-bond donors (Lipinski definition) is 1. The van der Waals surface area contributed by atoms with Crippen LogP contribution < -0.4 is 15.0 Å². The Morgan fingerprint density at radius 1 is 1.00 bits per heavy atom. The van der Waals surface area contributed by atoms with E-state index in [1.807, 2.05) is 49.6 Å².